The number of carbonyl (C=O) groups is 1. The summed E-state index contributed by atoms with van der Waals surface area (Å²) in [4.78, 5) is 22.9. The molecule has 0 radical (unpaired) electrons. The number of benzene rings is 1. The van der Waals surface area contributed by atoms with Gasteiger partial charge in [0.1, 0.15) is 17.5 Å². The Kier molecular flexibility index (Phi) is 6.12. The first-order chi connectivity index (χ1) is 13.0. The number of nitrogens with one attached hydrogen (secondary N) is 2. The van der Waals surface area contributed by atoms with Crippen molar-refractivity contribution in [1.29, 1.82) is 0 Å². The van der Waals surface area contributed by atoms with Gasteiger partial charge in [-0.25, -0.2) is 13.8 Å². The van der Waals surface area contributed by atoms with Crippen LogP contribution in [0.3, 0.4) is 0 Å². The zero-order valence-corrected chi connectivity index (χ0v) is 15.0. The number of nitrogens with zero attached hydrogens (tertiary/aromatic N) is 3. The van der Waals surface area contributed by atoms with Gasteiger partial charge in [0, 0.05) is 44.0 Å². The molecule has 7 nitrogen and oxygen atoms in total. The maximum absolute atomic E-state index is 13.6. The van der Waals surface area contributed by atoms with Crippen molar-refractivity contribution in [2.45, 2.75) is 6.92 Å². The normalized spacial score (nSPS) is 14.1. The van der Waals surface area contributed by atoms with E-state index in [1.807, 2.05) is 13.0 Å². The number of halogens is 2. The van der Waals surface area contributed by atoms with Crippen LogP contribution < -0.4 is 15.5 Å². The van der Waals surface area contributed by atoms with Gasteiger partial charge in [0.2, 0.25) is 5.95 Å². The standard InChI is InChI=1S/C18H21F2N5O2/c1-12-10-16(25-6-8-27-9-7-25)24-18(23-12)22-5-4-21-17(26)14-3-2-13(19)11-15(14)20/h2-3,10-11H,4-9H2,1H3,(H,21,26)(H,22,23,24). The Morgan fingerprint density at radius 3 is 2.70 bits per heavy atom. The molecule has 27 heavy (non-hydrogen) atoms. The summed E-state index contributed by atoms with van der Waals surface area (Å²) in [6.45, 7) is 5.36. The molecule has 1 fully saturated rings. The SMILES string of the molecule is Cc1cc(N2CCOCC2)nc(NCCNC(=O)c2ccc(F)cc2F)n1. The van der Waals surface area contributed by atoms with Crippen molar-refractivity contribution in [1.82, 2.24) is 15.3 Å². The number of amides is 1. The molecule has 0 bridgehead atoms. The lowest BCUT2D eigenvalue weighted by molar-refractivity contribution is 0.0951. The first-order valence-electron chi connectivity index (χ1n) is 8.68. The molecule has 1 aromatic carbocycles. The van der Waals surface area contributed by atoms with E-state index in [0.717, 1.165) is 36.7 Å². The van der Waals surface area contributed by atoms with Crippen molar-refractivity contribution in [3.05, 3.63) is 47.2 Å². The average Bonchev–Trinajstić information content (AvgIpc) is 2.65. The fourth-order valence-corrected chi connectivity index (χ4v) is 2.70. The highest BCUT2D eigenvalue weighted by Gasteiger charge is 2.14. The zero-order valence-electron chi connectivity index (χ0n) is 15.0. The van der Waals surface area contributed by atoms with Crippen molar-refractivity contribution in [2.75, 3.05) is 49.6 Å². The van der Waals surface area contributed by atoms with Gasteiger partial charge in [0.15, 0.2) is 0 Å². The Morgan fingerprint density at radius 1 is 1.19 bits per heavy atom. The molecule has 1 amide bonds. The molecular weight excluding hydrogens is 356 g/mol. The monoisotopic (exact) mass is 377 g/mol. The summed E-state index contributed by atoms with van der Waals surface area (Å²) in [7, 11) is 0. The van der Waals surface area contributed by atoms with Crippen LogP contribution in [0.2, 0.25) is 0 Å². The predicted octanol–water partition coefficient (Wildman–Crippen LogP) is 1.74. The number of aryl methyl sites for hydroxylation is 1. The van der Waals surface area contributed by atoms with Crippen molar-refractivity contribution in [3.63, 3.8) is 0 Å². The summed E-state index contributed by atoms with van der Waals surface area (Å²) in [5, 5.41) is 5.62. The van der Waals surface area contributed by atoms with Gasteiger partial charge >= 0.3 is 0 Å². The van der Waals surface area contributed by atoms with Gasteiger partial charge < -0.3 is 20.3 Å². The Morgan fingerprint density at radius 2 is 1.96 bits per heavy atom. The van der Waals surface area contributed by atoms with Gasteiger partial charge in [-0.1, -0.05) is 0 Å². The summed E-state index contributed by atoms with van der Waals surface area (Å²) >= 11 is 0. The predicted molar refractivity (Wildman–Crippen MR) is 97.0 cm³/mol. The molecule has 2 aromatic rings. The van der Waals surface area contributed by atoms with Crippen LogP contribution in [-0.4, -0.2) is 55.3 Å². The molecule has 3 rings (SSSR count). The number of hydrogen-bond acceptors (Lipinski definition) is 6. The molecule has 144 valence electrons. The molecule has 9 heteroatoms. The molecule has 0 aliphatic carbocycles. The van der Waals surface area contributed by atoms with Crippen LogP contribution >= 0.6 is 0 Å². The van der Waals surface area contributed by atoms with E-state index in [9.17, 15) is 13.6 Å². The second-order valence-electron chi connectivity index (χ2n) is 6.10. The van der Waals surface area contributed by atoms with E-state index < -0.39 is 17.5 Å². The van der Waals surface area contributed by atoms with Gasteiger partial charge in [-0.05, 0) is 19.1 Å². The van der Waals surface area contributed by atoms with Crippen LogP contribution in [0.4, 0.5) is 20.5 Å². The zero-order chi connectivity index (χ0) is 19.2. The van der Waals surface area contributed by atoms with Gasteiger partial charge in [-0.2, -0.15) is 4.98 Å². The third-order valence-corrected chi connectivity index (χ3v) is 4.05. The largest absolute Gasteiger partial charge is 0.378 e. The number of aromatic nitrogens is 2. The molecule has 1 aliphatic rings. The van der Waals surface area contributed by atoms with Crippen LogP contribution in [-0.2, 0) is 4.74 Å². The van der Waals surface area contributed by atoms with E-state index in [4.69, 9.17) is 4.74 Å². The van der Waals surface area contributed by atoms with Gasteiger partial charge in [0.05, 0.1) is 18.8 Å². The topological polar surface area (TPSA) is 79.4 Å². The summed E-state index contributed by atoms with van der Waals surface area (Å²) in [6, 6.07) is 4.76. The number of ether oxygens (including phenoxy) is 1. The number of morpholine rings is 1. The Labute approximate surface area is 155 Å². The van der Waals surface area contributed by atoms with Crippen LogP contribution in [0.1, 0.15) is 16.1 Å². The number of hydrogen-bond donors (Lipinski definition) is 2. The van der Waals surface area contributed by atoms with Crippen LogP contribution in [0.15, 0.2) is 24.3 Å². The summed E-state index contributed by atoms with van der Waals surface area (Å²) in [5.41, 5.74) is 0.629. The number of carbonyl (C=O) groups excluding carboxylic acids is 1. The van der Waals surface area contributed by atoms with E-state index in [1.165, 1.54) is 0 Å². The molecule has 2 N–H and O–H groups in total. The van der Waals surface area contributed by atoms with E-state index in [-0.39, 0.29) is 12.1 Å². The van der Waals surface area contributed by atoms with Crippen molar-refractivity contribution < 1.29 is 18.3 Å². The average molecular weight is 377 g/mol. The fraction of sp³-hybridized carbons (Fsp3) is 0.389. The van der Waals surface area contributed by atoms with E-state index >= 15 is 0 Å². The number of anilines is 2. The lowest BCUT2D eigenvalue weighted by Crippen LogP contribution is -2.37. The van der Waals surface area contributed by atoms with Crippen molar-refractivity contribution in [2.24, 2.45) is 0 Å². The summed E-state index contributed by atoms with van der Waals surface area (Å²) in [5.74, 6) is -0.936. The summed E-state index contributed by atoms with van der Waals surface area (Å²) < 4.78 is 31.8. The minimum atomic E-state index is -0.891. The second-order valence-corrected chi connectivity index (χ2v) is 6.10. The van der Waals surface area contributed by atoms with Gasteiger partial charge in [-0.15, -0.1) is 0 Å². The maximum atomic E-state index is 13.6. The molecular formula is C18H21F2N5O2. The molecule has 2 heterocycles. The highest BCUT2D eigenvalue weighted by Crippen LogP contribution is 2.16. The number of rotatable bonds is 6. The molecule has 0 saturated carbocycles. The summed E-state index contributed by atoms with van der Waals surface area (Å²) in [6.07, 6.45) is 0. The molecule has 1 aromatic heterocycles. The molecule has 0 spiro atoms. The minimum Gasteiger partial charge on any atom is -0.378 e. The van der Waals surface area contributed by atoms with Crippen LogP contribution in [0.25, 0.3) is 0 Å². The first kappa shape index (κ1) is 19.0. The third kappa shape index (κ3) is 5.10. The second kappa shape index (κ2) is 8.72. The van der Waals surface area contributed by atoms with E-state index in [1.54, 1.807) is 0 Å². The lowest BCUT2D eigenvalue weighted by Gasteiger charge is -2.28. The highest BCUT2D eigenvalue weighted by molar-refractivity contribution is 5.94. The Bertz CT molecular complexity index is 812. The van der Waals surface area contributed by atoms with E-state index in [0.29, 0.717) is 31.8 Å². The molecule has 1 aliphatic heterocycles. The maximum Gasteiger partial charge on any atom is 0.254 e. The fourth-order valence-electron chi connectivity index (χ4n) is 2.70. The molecule has 1 saturated heterocycles. The molecule has 0 unspecified atom stereocenters. The third-order valence-electron chi connectivity index (χ3n) is 4.05. The Hall–Kier alpha value is -2.81. The van der Waals surface area contributed by atoms with Crippen molar-refractivity contribution in [3.8, 4) is 0 Å². The van der Waals surface area contributed by atoms with Crippen LogP contribution in [0, 0.1) is 18.6 Å². The van der Waals surface area contributed by atoms with Gasteiger partial charge in [-0.3, -0.25) is 4.79 Å². The van der Waals surface area contributed by atoms with Crippen LogP contribution in [0.5, 0.6) is 0 Å². The quantitative estimate of drug-likeness (QED) is 0.747. The first-order valence-corrected chi connectivity index (χ1v) is 8.68. The molecule has 0 atom stereocenters. The van der Waals surface area contributed by atoms with E-state index in [2.05, 4.69) is 25.5 Å². The smallest absolute Gasteiger partial charge is 0.254 e. The van der Waals surface area contributed by atoms with Gasteiger partial charge in [0.25, 0.3) is 5.91 Å². The van der Waals surface area contributed by atoms with Crippen molar-refractivity contribution >= 4 is 17.7 Å². The Balaban J connectivity index is 1.52. The minimum absolute atomic E-state index is 0.196. The highest BCUT2D eigenvalue weighted by atomic mass is 19.1. The lowest BCUT2D eigenvalue weighted by atomic mass is 10.2.